The Morgan fingerprint density at radius 3 is 0.950 bits per heavy atom. The molecule has 0 saturated carbocycles. The van der Waals surface area contributed by atoms with Crippen molar-refractivity contribution in [3.8, 4) is 44.5 Å². The Kier molecular flexibility index (Phi) is 10.0. The van der Waals surface area contributed by atoms with Crippen LogP contribution in [-0.2, 0) is 0 Å². The van der Waals surface area contributed by atoms with Crippen LogP contribution in [0.5, 0.6) is 0 Å². The second kappa shape index (κ2) is 16.5. The van der Waals surface area contributed by atoms with Crippen molar-refractivity contribution in [2.45, 2.75) is 0 Å². The first kappa shape index (κ1) is 36.4. The first-order chi connectivity index (χ1) is 29.8. The number of nitrogens with zero attached hydrogens (tertiary/aromatic N) is 2. The maximum absolute atomic E-state index is 2.33. The summed E-state index contributed by atoms with van der Waals surface area (Å²) in [6, 6.07) is 91.3. The van der Waals surface area contributed by atoms with Crippen molar-refractivity contribution in [2.24, 2.45) is 0 Å². The van der Waals surface area contributed by atoms with Crippen LogP contribution in [0.1, 0.15) is 0 Å². The molecule has 10 rings (SSSR count). The summed E-state index contributed by atoms with van der Waals surface area (Å²) in [7, 11) is 0. The summed E-state index contributed by atoms with van der Waals surface area (Å²) in [5, 5.41) is 2.45. The lowest BCUT2D eigenvalue weighted by Crippen LogP contribution is -2.09. The predicted molar refractivity (Wildman–Crippen MR) is 255 cm³/mol. The van der Waals surface area contributed by atoms with Crippen LogP contribution in [0, 0.1) is 0 Å². The Bertz CT molecular complexity index is 2960. The second-order valence-corrected chi connectivity index (χ2v) is 15.0. The normalized spacial score (nSPS) is 11.0. The van der Waals surface area contributed by atoms with Crippen LogP contribution in [0.25, 0.3) is 55.3 Å². The molecule has 2 nitrogen and oxygen atoms in total. The minimum absolute atomic E-state index is 1.10. The van der Waals surface area contributed by atoms with Crippen LogP contribution in [-0.4, -0.2) is 0 Å². The van der Waals surface area contributed by atoms with E-state index in [0.29, 0.717) is 0 Å². The van der Waals surface area contributed by atoms with Gasteiger partial charge in [0.25, 0.3) is 0 Å². The molecule has 0 bridgehead atoms. The van der Waals surface area contributed by atoms with E-state index < -0.39 is 0 Å². The fraction of sp³-hybridized carbons (Fsp3) is 0. The van der Waals surface area contributed by atoms with E-state index in [0.717, 1.165) is 34.1 Å². The van der Waals surface area contributed by atoms with Crippen LogP contribution >= 0.6 is 0 Å². The summed E-state index contributed by atoms with van der Waals surface area (Å²) >= 11 is 0. The van der Waals surface area contributed by atoms with E-state index in [4.69, 9.17) is 0 Å². The lowest BCUT2D eigenvalue weighted by molar-refractivity contribution is 1.28. The van der Waals surface area contributed by atoms with E-state index in [1.807, 2.05) is 0 Å². The number of para-hydroxylation sites is 2. The predicted octanol–water partition coefficient (Wildman–Crippen LogP) is 16.4. The average Bonchev–Trinajstić information content (AvgIpc) is 3.33. The van der Waals surface area contributed by atoms with E-state index in [1.54, 1.807) is 0 Å². The van der Waals surface area contributed by atoms with Gasteiger partial charge in [0.05, 0.1) is 0 Å². The van der Waals surface area contributed by atoms with Gasteiger partial charge < -0.3 is 9.80 Å². The molecule has 0 aliphatic rings. The number of fused-ring (bicyclic) bond motifs is 1. The molecule has 0 radical (unpaired) electrons. The van der Waals surface area contributed by atoms with Crippen molar-refractivity contribution in [3.63, 3.8) is 0 Å². The molecule has 0 spiro atoms. The molecule has 0 heterocycles. The van der Waals surface area contributed by atoms with Crippen LogP contribution in [0.2, 0.25) is 0 Å². The Morgan fingerprint density at radius 1 is 0.200 bits per heavy atom. The number of hydrogen-bond donors (Lipinski definition) is 0. The van der Waals surface area contributed by atoms with E-state index in [2.05, 4.69) is 265 Å². The van der Waals surface area contributed by atoms with Crippen molar-refractivity contribution in [2.75, 3.05) is 9.80 Å². The van der Waals surface area contributed by atoms with Crippen molar-refractivity contribution < 1.29 is 0 Å². The topological polar surface area (TPSA) is 6.48 Å². The van der Waals surface area contributed by atoms with Gasteiger partial charge in [0.2, 0.25) is 0 Å². The molecule has 0 amide bonds. The molecule has 10 aromatic carbocycles. The molecular formula is C58H42N2. The molecule has 10 aromatic rings. The quantitative estimate of drug-likeness (QED) is 0.137. The Labute approximate surface area is 352 Å². The van der Waals surface area contributed by atoms with Gasteiger partial charge in [-0.2, -0.15) is 0 Å². The molecule has 2 heteroatoms. The van der Waals surface area contributed by atoms with Gasteiger partial charge in [0, 0.05) is 34.1 Å². The van der Waals surface area contributed by atoms with Gasteiger partial charge in [-0.25, -0.2) is 0 Å². The molecule has 0 atom stereocenters. The van der Waals surface area contributed by atoms with Crippen molar-refractivity contribution >= 4 is 44.9 Å². The molecule has 0 saturated heterocycles. The first-order valence-electron chi connectivity index (χ1n) is 20.5. The van der Waals surface area contributed by atoms with Crippen LogP contribution in [0.3, 0.4) is 0 Å². The minimum atomic E-state index is 1.10. The summed E-state index contributed by atoms with van der Waals surface area (Å²) in [4.78, 5) is 4.65. The maximum Gasteiger partial charge on any atom is 0.0462 e. The lowest BCUT2D eigenvalue weighted by Gasteiger charge is -2.26. The third kappa shape index (κ3) is 7.35. The zero-order valence-corrected chi connectivity index (χ0v) is 33.1. The third-order valence-corrected chi connectivity index (χ3v) is 11.3. The summed E-state index contributed by atoms with van der Waals surface area (Å²) in [6.07, 6.45) is 0. The standard InChI is InChI=1S/C58H42N2/c1-5-15-43(16-6-1)45-25-34-52(35-26-45)59(50-20-9-3-10-21-50)54-38-29-48(30-39-54)57-42-33-47-19-13-14-24-56(47)58(57)49-31-40-55(41-32-49)60(51-22-11-4-12-23-51)53-36-27-46(28-37-53)44-17-7-2-8-18-44/h1-42H. The molecule has 0 N–H and O–H groups in total. The highest BCUT2D eigenvalue weighted by molar-refractivity contribution is 6.04. The van der Waals surface area contributed by atoms with Crippen molar-refractivity contribution in [1.29, 1.82) is 0 Å². The number of benzene rings is 10. The van der Waals surface area contributed by atoms with Gasteiger partial charge in [-0.05, 0) is 128 Å². The molecular weight excluding hydrogens is 725 g/mol. The number of rotatable bonds is 10. The summed E-state index contributed by atoms with van der Waals surface area (Å²) in [6.45, 7) is 0. The van der Waals surface area contributed by atoms with E-state index >= 15 is 0 Å². The Morgan fingerprint density at radius 2 is 0.517 bits per heavy atom. The SMILES string of the molecule is c1ccc(-c2ccc(N(c3ccccc3)c3ccc(-c4ccc5ccccc5c4-c4ccc(N(c5ccccc5)c5ccc(-c6ccccc6)cc5)cc4)cc3)cc2)cc1. The number of anilines is 6. The minimum Gasteiger partial charge on any atom is -0.311 e. The van der Waals surface area contributed by atoms with Crippen LogP contribution in [0.4, 0.5) is 34.1 Å². The van der Waals surface area contributed by atoms with Gasteiger partial charge in [-0.15, -0.1) is 0 Å². The van der Waals surface area contributed by atoms with E-state index in [9.17, 15) is 0 Å². The third-order valence-electron chi connectivity index (χ3n) is 11.3. The lowest BCUT2D eigenvalue weighted by atomic mass is 9.89. The summed E-state index contributed by atoms with van der Waals surface area (Å²) < 4.78 is 0. The molecule has 0 aromatic heterocycles. The van der Waals surface area contributed by atoms with Gasteiger partial charge in [-0.1, -0.05) is 182 Å². The highest BCUT2D eigenvalue weighted by atomic mass is 15.1. The van der Waals surface area contributed by atoms with Crippen LogP contribution < -0.4 is 9.80 Å². The molecule has 60 heavy (non-hydrogen) atoms. The smallest absolute Gasteiger partial charge is 0.0462 e. The molecule has 284 valence electrons. The van der Waals surface area contributed by atoms with Gasteiger partial charge >= 0.3 is 0 Å². The zero-order chi connectivity index (χ0) is 40.1. The van der Waals surface area contributed by atoms with Gasteiger partial charge in [-0.3, -0.25) is 0 Å². The molecule has 0 unspecified atom stereocenters. The molecule has 0 aliphatic heterocycles. The number of hydrogen-bond acceptors (Lipinski definition) is 2. The van der Waals surface area contributed by atoms with Gasteiger partial charge in [0.1, 0.15) is 0 Å². The zero-order valence-electron chi connectivity index (χ0n) is 33.1. The van der Waals surface area contributed by atoms with Crippen LogP contribution in [0.15, 0.2) is 255 Å². The Balaban J connectivity index is 1.01. The van der Waals surface area contributed by atoms with E-state index in [-0.39, 0.29) is 0 Å². The average molecular weight is 767 g/mol. The molecule has 0 aliphatic carbocycles. The maximum atomic E-state index is 2.33. The van der Waals surface area contributed by atoms with Crippen molar-refractivity contribution in [3.05, 3.63) is 255 Å². The molecule has 0 fully saturated rings. The summed E-state index contributed by atoms with van der Waals surface area (Å²) in [5.41, 5.74) is 16.2. The fourth-order valence-corrected chi connectivity index (χ4v) is 8.31. The highest BCUT2D eigenvalue weighted by Gasteiger charge is 2.18. The van der Waals surface area contributed by atoms with Gasteiger partial charge in [0.15, 0.2) is 0 Å². The fourth-order valence-electron chi connectivity index (χ4n) is 8.31. The first-order valence-corrected chi connectivity index (χ1v) is 20.5. The van der Waals surface area contributed by atoms with Crippen molar-refractivity contribution in [1.82, 2.24) is 0 Å². The monoisotopic (exact) mass is 766 g/mol. The highest BCUT2D eigenvalue weighted by Crippen LogP contribution is 2.43. The Hall–Kier alpha value is -7.94. The van der Waals surface area contributed by atoms with E-state index in [1.165, 1.54) is 55.3 Å². The second-order valence-electron chi connectivity index (χ2n) is 15.0. The summed E-state index contributed by atoms with van der Waals surface area (Å²) in [5.74, 6) is 0. The largest absolute Gasteiger partial charge is 0.311 e.